The van der Waals surface area contributed by atoms with Gasteiger partial charge < -0.3 is 15.1 Å². The van der Waals surface area contributed by atoms with Crippen LogP contribution in [0.4, 0.5) is 0 Å². The third-order valence-electron chi connectivity index (χ3n) is 5.46. The molecule has 2 fully saturated rings. The Kier molecular flexibility index (Phi) is 9.08. The lowest BCUT2D eigenvalue weighted by molar-refractivity contribution is -0.141. The topological polar surface area (TPSA) is 52.7 Å². The van der Waals surface area contributed by atoms with E-state index in [0.29, 0.717) is 6.42 Å². The van der Waals surface area contributed by atoms with Crippen LogP contribution in [0.25, 0.3) is 0 Å². The quantitative estimate of drug-likeness (QED) is 0.808. The van der Waals surface area contributed by atoms with Crippen LogP contribution >= 0.6 is 12.4 Å². The number of carbonyl (C=O) groups excluding carboxylic acids is 2. The number of rotatable bonds is 6. The van der Waals surface area contributed by atoms with Crippen LogP contribution in [0.5, 0.6) is 0 Å². The molecule has 1 aromatic rings. The summed E-state index contributed by atoms with van der Waals surface area (Å²) in [6.45, 7) is 3.97. The summed E-state index contributed by atoms with van der Waals surface area (Å²) in [5, 5.41) is 3.25. The molecule has 0 radical (unpaired) electrons. The highest BCUT2D eigenvalue weighted by Gasteiger charge is 2.31. The minimum Gasteiger partial charge on any atom is -0.343 e. The minimum absolute atomic E-state index is 0. The fourth-order valence-electron chi connectivity index (χ4n) is 3.92. The van der Waals surface area contributed by atoms with Crippen molar-refractivity contribution in [1.82, 2.24) is 15.1 Å². The Hall–Kier alpha value is -1.59. The van der Waals surface area contributed by atoms with Gasteiger partial charge in [-0.25, -0.2) is 0 Å². The van der Waals surface area contributed by atoms with Gasteiger partial charge in [-0.3, -0.25) is 9.59 Å². The molecule has 1 unspecified atom stereocenters. The Morgan fingerprint density at radius 3 is 2.44 bits per heavy atom. The third-order valence-corrected chi connectivity index (χ3v) is 5.46. The Labute approximate surface area is 168 Å². The molecular weight excluding hydrogens is 362 g/mol. The standard InChI is InChI=1S/C21H31N3O2.ClH/c25-20(23-13-6-1-2-7-14-23)17-19-21(26)24(16-12-22-19)15-8-11-18-9-4-3-5-10-18;/h3-5,9-10,19,22H,1-2,6-8,11-17H2;1H. The second-order valence-corrected chi connectivity index (χ2v) is 7.42. The summed E-state index contributed by atoms with van der Waals surface area (Å²) in [7, 11) is 0. The smallest absolute Gasteiger partial charge is 0.240 e. The number of nitrogens with zero attached hydrogens (tertiary/aromatic N) is 2. The van der Waals surface area contributed by atoms with Crippen molar-refractivity contribution in [3.63, 3.8) is 0 Å². The van der Waals surface area contributed by atoms with E-state index < -0.39 is 0 Å². The largest absolute Gasteiger partial charge is 0.343 e. The number of aryl methyl sites for hydroxylation is 1. The van der Waals surface area contributed by atoms with E-state index in [9.17, 15) is 9.59 Å². The van der Waals surface area contributed by atoms with Crippen molar-refractivity contribution in [1.29, 1.82) is 0 Å². The summed E-state index contributed by atoms with van der Waals surface area (Å²) < 4.78 is 0. The lowest BCUT2D eigenvalue weighted by Gasteiger charge is -2.34. The zero-order chi connectivity index (χ0) is 18.2. The summed E-state index contributed by atoms with van der Waals surface area (Å²) in [6.07, 6.45) is 6.83. The molecular formula is C21H32ClN3O2. The Morgan fingerprint density at radius 2 is 1.74 bits per heavy atom. The van der Waals surface area contributed by atoms with Gasteiger partial charge in [0.2, 0.25) is 11.8 Å². The molecule has 3 rings (SSSR count). The molecule has 150 valence electrons. The van der Waals surface area contributed by atoms with Gasteiger partial charge in [0, 0.05) is 32.7 Å². The molecule has 2 heterocycles. The van der Waals surface area contributed by atoms with Gasteiger partial charge in [-0.15, -0.1) is 12.4 Å². The molecule has 1 atom stereocenters. The number of piperazine rings is 1. The zero-order valence-corrected chi connectivity index (χ0v) is 16.9. The average molecular weight is 394 g/mol. The van der Waals surface area contributed by atoms with E-state index in [1.807, 2.05) is 15.9 Å². The summed E-state index contributed by atoms with van der Waals surface area (Å²) in [5.74, 6) is 0.219. The van der Waals surface area contributed by atoms with Crippen LogP contribution in [0.1, 0.15) is 44.1 Å². The molecule has 0 bridgehead atoms. The SMILES string of the molecule is Cl.O=C(CC1NCCN(CCCc2ccccc2)C1=O)N1CCCCCC1. The summed E-state index contributed by atoms with van der Waals surface area (Å²) in [5.41, 5.74) is 1.31. The fraction of sp³-hybridized carbons (Fsp3) is 0.619. The normalized spacial score (nSPS) is 20.7. The molecule has 0 aliphatic carbocycles. The van der Waals surface area contributed by atoms with Gasteiger partial charge in [0.05, 0.1) is 12.5 Å². The first-order chi connectivity index (χ1) is 12.7. The second-order valence-electron chi connectivity index (χ2n) is 7.42. The first-order valence-electron chi connectivity index (χ1n) is 10.1. The fourth-order valence-corrected chi connectivity index (χ4v) is 3.92. The van der Waals surface area contributed by atoms with Crippen molar-refractivity contribution in [2.75, 3.05) is 32.7 Å². The monoisotopic (exact) mass is 393 g/mol. The molecule has 1 N–H and O–H groups in total. The van der Waals surface area contributed by atoms with Crippen LogP contribution in [0, 0.1) is 0 Å². The first-order valence-corrected chi connectivity index (χ1v) is 10.1. The highest BCUT2D eigenvalue weighted by atomic mass is 35.5. The maximum absolute atomic E-state index is 12.7. The van der Waals surface area contributed by atoms with E-state index >= 15 is 0 Å². The summed E-state index contributed by atoms with van der Waals surface area (Å²) in [6, 6.07) is 10.0. The second kappa shape index (κ2) is 11.3. The molecule has 27 heavy (non-hydrogen) atoms. The number of hydrogen-bond donors (Lipinski definition) is 1. The molecule has 0 spiro atoms. The van der Waals surface area contributed by atoms with E-state index in [2.05, 4.69) is 29.6 Å². The van der Waals surface area contributed by atoms with Crippen LogP contribution in [-0.4, -0.2) is 60.4 Å². The number of halogens is 1. The maximum Gasteiger partial charge on any atom is 0.240 e. The van der Waals surface area contributed by atoms with Crippen molar-refractivity contribution < 1.29 is 9.59 Å². The van der Waals surface area contributed by atoms with Crippen molar-refractivity contribution in [3.8, 4) is 0 Å². The number of amides is 2. The van der Waals surface area contributed by atoms with Crippen molar-refractivity contribution in [2.45, 2.75) is 51.0 Å². The molecule has 5 nitrogen and oxygen atoms in total. The zero-order valence-electron chi connectivity index (χ0n) is 16.1. The number of nitrogens with one attached hydrogen (secondary N) is 1. The van der Waals surface area contributed by atoms with Gasteiger partial charge in [0.15, 0.2) is 0 Å². The van der Waals surface area contributed by atoms with Gasteiger partial charge >= 0.3 is 0 Å². The van der Waals surface area contributed by atoms with Gasteiger partial charge in [0.25, 0.3) is 0 Å². The summed E-state index contributed by atoms with van der Waals surface area (Å²) >= 11 is 0. The highest BCUT2D eigenvalue weighted by molar-refractivity contribution is 5.89. The average Bonchev–Trinajstić information content (AvgIpc) is 2.95. The molecule has 0 saturated carbocycles. The van der Waals surface area contributed by atoms with Crippen molar-refractivity contribution in [3.05, 3.63) is 35.9 Å². The molecule has 1 aromatic carbocycles. The molecule has 2 aliphatic heterocycles. The first kappa shape index (κ1) is 21.7. The van der Waals surface area contributed by atoms with Gasteiger partial charge in [-0.2, -0.15) is 0 Å². The number of carbonyl (C=O) groups is 2. The lowest BCUT2D eigenvalue weighted by Crippen LogP contribution is -2.56. The Balaban J connectivity index is 0.00000261. The molecule has 2 saturated heterocycles. The van der Waals surface area contributed by atoms with E-state index in [1.54, 1.807) is 0 Å². The van der Waals surface area contributed by atoms with E-state index in [-0.39, 0.29) is 30.3 Å². The van der Waals surface area contributed by atoms with Gasteiger partial charge in [0.1, 0.15) is 0 Å². The maximum atomic E-state index is 12.7. The van der Waals surface area contributed by atoms with Crippen LogP contribution < -0.4 is 5.32 Å². The van der Waals surface area contributed by atoms with E-state index in [1.165, 1.54) is 18.4 Å². The third kappa shape index (κ3) is 6.51. The van der Waals surface area contributed by atoms with E-state index in [4.69, 9.17) is 0 Å². The molecule has 0 aromatic heterocycles. The number of hydrogen-bond acceptors (Lipinski definition) is 3. The number of benzene rings is 1. The van der Waals surface area contributed by atoms with E-state index in [0.717, 1.165) is 58.4 Å². The van der Waals surface area contributed by atoms with Crippen LogP contribution in [-0.2, 0) is 16.0 Å². The minimum atomic E-state index is -0.351. The molecule has 2 amide bonds. The van der Waals surface area contributed by atoms with Crippen LogP contribution in [0.3, 0.4) is 0 Å². The van der Waals surface area contributed by atoms with Crippen LogP contribution in [0.2, 0.25) is 0 Å². The molecule has 6 heteroatoms. The lowest BCUT2D eigenvalue weighted by atomic mass is 10.1. The predicted octanol–water partition coefficient (Wildman–Crippen LogP) is 2.63. The van der Waals surface area contributed by atoms with Gasteiger partial charge in [-0.1, -0.05) is 43.2 Å². The van der Waals surface area contributed by atoms with Gasteiger partial charge in [-0.05, 0) is 31.2 Å². The Morgan fingerprint density at radius 1 is 1.04 bits per heavy atom. The molecule has 2 aliphatic rings. The predicted molar refractivity (Wildman–Crippen MR) is 110 cm³/mol. The van der Waals surface area contributed by atoms with Crippen molar-refractivity contribution >= 4 is 24.2 Å². The number of likely N-dealkylation sites (tertiary alicyclic amines) is 1. The van der Waals surface area contributed by atoms with Crippen molar-refractivity contribution in [2.24, 2.45) is 0 Å². The Bertz CT molecular complexity index is 588. The van der Waals surface area contributed by atoms with Crippen LogP contribution in [0.15, 0.2) is 30.3 Å². The summed E-state index contributed by atoms with van der Waals surface area (Å²) in [4.78, 5) is 29.2. The highest BCUT2D eigenvalue weighted by Crippen LogP contribution is 2.14.